The highest BCUT2D eigenvalue weighted by Gasteiger charge is 2.03. The van der Waals surface area contributed by atoms with Gasteiger partial charge in [0.25, 0.3) is 0 Å². The molecule has 0 saturated heterocycles. The zero-order valence-electron chi connectivity index (χ0n) is 12.7. The predicted octanol–water partition coefficient (Wildman–Crippen LogP) is 4.22. The van der Waals surface area contributed by atoms with Gasteiger partial charge in [-0.15, -0.1) is 0 Å². The van der Waals surface area contributed by atoms with Gasteiger partial charge in [0.2, 0.25) is 0 Å². The molecule has 0 aliphatic heterocycles. The molecule has 1 unspecified atom stereocenters. The SMILES string of the molecule is CCOc1ccc(NC(C)CCc2ccc(O)cc2)cc1. The van der Waals surface area contributed by atoms with Gasteiger partial charge in [0, 0.05) is 11.7 Å². The number of hydrogen-bond donors (Lipinski definition) is 2. The number of anilines is 1. The number of phenols is 1. The lowest BCUT2D eigenvalue weighted by Gasteiger charge is -2.15. The van der Waals surface area contributed by atoms with E-state index in [1.807, 2.05) is 43.3 Å². The Hall–Kier alpha value is -2.16. The van der Waals surface area contributed by atoms with Crippen LogP contribution in [0.25, 0.3) is 0 Å². The van der Waals surface area contributed by atoms with Crippen LogP contribution in [0, 0.1) is 0 Å². The van der Waals surface area contributed by atoms with E-state index in [0.29, 0.717) is 18.4 Å². The van der Waals surface area contributed by atoms with Crippen molar-refractivity contribution in [2.45, 2.75) is 32.7 Å². The molecule has 0 aliphatic carbocycles. The summed E-state index contributed by atoms with van der Waals surface area (Å²) in [5, 5.41) is 12.8. The van der Waals surface area contributed by atoms with Crippen LogP contribution in [0.3, 0.4) is 0 Å². The van der Waals surface area contributed by atoms with E-state index in [2.05, 4.69) is 12.2 Å². The highest BCUT2D eigenvalue weighted by Crippen LogP contribution is 2.18. The van der Waals surface area contributed by atoms with Crippen molar-refractivity contribution in [3.05, 3.63) is 54.1 Å². The van der Waals surface area contributed by atoms with Crippen LogP contribution in [0.5, 0.6) is 11.5 Å². The van der Waals surface area contributed by atoms with E-state index < -0.39 is 0 Å². The molecule has 0 bridgehead atoms. The van der Waals surface area contributed by atoms with Gasteiger partial charge in [-0.25, -0.2) is 0 Å². The lowest BCUT2D eigenvalue weighted by atomic mass is 10.1. The van der Waals surface area contributed by atoms with E-state index in [-0.39, 0.29) is 0 Å². The molecule has 2 aromatic rings. The molecule has 0 spiro atoms. The number of ether oxygens (including phenoxy) is 1. The second-order valence-corrected chi connectivity index (χ2v) is 5.21. The lowest BCUT2D eigenvalue weighted by Crippen LogP contribution is -2.15. The zero-order valence-corrected chi connectivity index (χ0v) is 12.7. The van der Waals surface area contributed by atoms with Crippen molar-refractivity contribution in [3.63, 3.8) is 0 Å². The van der Waals surface area contributed by atoms with Gasteiger partial charge in [-0.05, 0) is 68.7 Å². The summed E-state index contributed by atoms with van der Waals surface area (Å²) in [4.78, 5) is 0. The quantitative estimate of drug-likeness (QED) is 0.800. The first-order valence-corrected chi connectivity index (χ1v) is 7.44. The summed E-state index contributed by atoms with van der Waals surface area (Å²) in [6, 6.07) is 15.9. The molecule has 0 heterocycles. The molecule has 3 nitrogen and oxygen atoms in total. The minimum atomic E-state index is 0.319. The topological polar surface area (TPSA) is 41.5 Å². The van der Waals surface area contributed by atoms with E-state index in [1.54, 1.807) is 12.1 Å². The fourth-order valence-electron chi connectivity index (χ4n) is 2.22. The Bertz CT molecular complexity index is 534. The van der Waals surface area contributed by atoms with Crippen LogP contribution >= 0.6 is 0 Å². The lowest BCUT2D eigenvalue weighted by molar-refractivity contribution is 0.340. The van der Waals surface area contributed by atoms with Gasteiger partial charge in [0.05, 0.1) is 6.61 Å². The second kappa shape index (κ2) is 7.58. The molecule has 0 aliphatic rings. The van der Waals surface area contributed by atoms with Gasteiger partial charge < -0.3 is 15.2 Å². The number of aryl methyl sites for hydroxylation is 1. The minimum Gasteiger partial charge on any atom is -0.508 e. The number of phenolic OH excluding ortho intramolecular Hbond substituents is 1. The summed E-state index contributed by atoms with van der Waals surface area (Å²) >= 11 is 0. The Labute approximate surface area is 126 Å². The van der Waals surface area contributed by atoms with Crippen LogP contribution in [0.4, 0.5) is 5.69 Å². The molecule has 0 amide bonds. The predicted molar refractivity (Wildman–Crippen MR) is 87.1 cm³/mol. The van der Waals surface area contributed by atoms with Crippen molar-refractivity contribution in [2.24, 2.45) is 0 Å². The van der Waals surface area contributed by atoms with Crippen molar-refractivity contribution in [1.29, 1.82) is 0 Å². The standard InChI is InChI=1S/C18H23NO2/c1-3-21-18-12-8-16(9-13-18)19-14(2)4-5-15-6-10-17(20)11-7-15/h6-14,19-20H,3-5H2,1-2H3. The van der Waals surface area contributed by atoms with Crippen LogP contribution in [0.2, 0.25) is 0 Å². The zero-order chi connectivity index (χ0) is 15.1. The van der Waals surface area contributed by atoms with Crippen LogP contribution in [0.1, 0.15) is 25.8 Å². The van der Waals surface area contributed by atoms with E-state index in [1.165, 1.54) is 5.56 Å². The Balaban J connectivity index is 1.80. The smallest absolute Gasteiger partial charge is 0.119 e. The van der Waals surface area contributed by atoms with Crippen molar-refractivity contribution < 1.29 is 9.84 Å². The molecule has 21 heavy (non-hydrogen) atoms. The normalized spacial score (nSPS) is 11.9. The summed E-state index contributed by atoms with van der Waals surface area (Å²) in [5.41, 5.74) is 2.35. The Kier molecular flexibility index (Phi) is 5.50. The van der Waals surface area contributed by atoms with Crippen molar-refractivity contribution in [1.82, 2.24) is 0 Å². The van der Waals surface area contributed by atoms with Crippen LogP contribution in [-0.4, -0.2) is 17.8 Å². The average molecular weight is 285 g/mol. The third-order valence-electron chi connectivity index (χ3n) is 3.38. The maximum absolute atomic E-state index is 9.27. The number of nitrogens with one attached hydrogen (secondary N) is 1. The third kappa shape index (κ3) is 5.03. The Morgan fingerprint density at radius 2 is 1.71 bits per heavy atom. The van der Waals surface area contributed by atoms with Gasteiger partial charge in [-0.1, -0.05) is 12.1 Å². The Morgan fingerprint density at radius 3 is 2.33 bits per heavy atom. The summed E-state index contributed by atoms with van der Waals surface area (Å²) < 4.78 is 5.43. The molecular formula is C18H23NO2. The monoisotopic (exact) mass is 285 g/mol. The second-order valence-electron chi connectivity index (χ2n) is 5.21. The van der Waals surface area contributed by atoms with E-state index in [9.17, 15) is 5.11 Å². The fourth-order valence-corrected chi connectivity index (χ4v) is 2.22. The molecule has 0 saturated carbocycles. The molecule has 2 N–H and O–H groups in total. The summed E-state index contributed by atoms with van der Waals surface area (Å²) in [5.74, 6) is 1.22. The van der Waals surface area contributed by atoms with Gasteiger partial charge >= 0.3 is 0 Å². The van der Waals surface area contributed by atoms with Gasteiger partial charge in [-0.2, -0.15) is 0 Å². The molecule has 2 aromatic carbocycles. The average Bonchev–Trinajstić information content (AvgIpc) is 2.49. The number of aromatic hydroxyl groups is 1. The number of rotatable bonds is 7. The highest BCUT2D eigenvalue weighted by atomic mass is 16.5. The van der Waals surface area contributed by atoms with Crippen LogP contribution < -0.4 is 10.1 Å². The van der Waals surface area contributed by atoms with Gasteiger partial charge in [0.1, 0.15) is 11.5 Å². The molecule has 0 radical (unpaired) electrons. The first-order chi connectivity index (χ1) is 10.2. The van der Waals surface area contributed by atoms with Crippen molar-refractivity contribution in [3.8, 4) is 11.5 Å². The number of hydrogen-bond acceptors (Lipinski definition) is 3. The number of benzene rings is 2. The molecule has 1 atom stereocenters. The molecular weight excluding hydrogens is 262 g/mol. The van der Waals surface area contributed by atoms with Gasteiger partial charge in [-0.3, -0.25) is 0 Å². The maximum atomic E-state index is 9.27. The summed E-state index contributed by atoms with van der Waals surface area (Å²) in [6.07, 6.45) is 2.03. The first-order valence-electron chi connectivity index (χ1n) is 7.44. The van der Waals surface area contributed by atoms with Crippen LogP contribution in [0.15, 0.2) is 48.5 Å². The molecule has 112 valence electrons. The first kappa shape index (κ1) is 15.2. The largest absolute Gasteiger partial charge is 0.508 e. The van der Waals surface area contributed by atoms with Crippen LogP contribution in [-0.2, 0) is 6.42 Å². The highest BCUT2D eigenvalue weighted by molar-refractivity contribution is 5.47. The Morgan fingerprint density at radius 1 is 1.05 bits per heavy atom. The van der Waals surface area contributed by atoms with E-state index in [0.717, 1.165) is 24.3 Å². The molecule has 3 heteroatoms. The summed E-state index contributed by atoms with van der Waals surface area (Å²) in [6.45, 7) is 4.85. The third-order valence-corrected chi connectivity index (χ3v) is 3.38. The molecule has 0 fully saturated rings. The van der Waals surface area contributed by atoms with Gasteiger partial charge in [0.15, 0.2) is 0 Å². The maximum Gasteiger partial charge on any atom is 0.119 e. The molecule has 0 aromatic heterocycles. The van der Waals surface area contributed by atoms with E-state index >= 15 is 0 Å². The molecule has 2 rings (SSSR count). The summed E-state index contributed by atoms with van der Waals surface area (Å²) in [7, 11) is 0. The fraction of sp³-hybridized carbons (Fsp3) is 0.333. The van der Waals surface area contributed by atoms with Crippen molar-refractivity contribution in [2.75, 3.05) is 11.9 Å². The minimum absolute atomic E-state index is 0.319. The van der Waals surface area contributed by atoms with E-state index in [4.69, 9.17) is 4.74 Å². The van der Waals surface area contributed by atoms with Crippen molar-refractivity contribution >= 4 is 5.69 Å².